The first kappa shape index (κ1) is 15.2. The van der Waals surface area contributed by atoms with Crippen molar-refractivity contribution in [3.63, 3.8) is 0 Å². The quantitative estimate of drug-likeness (QED) is 0.730. The molecule has 0 aromatic heterocycles. The Kier molecular flexibility index (Phi) is 5.02. The predicted molar refractivity (Wildman–Crippen MR) is 56.1 cm³/mol. The Morgan fingerprint density at radius 1 is 1.23 bits per heavy atom. The van der Waals surface area contributed by atoms with Gasteiger partial charge in [0.25, 0.3) is 0 Å². The molecule has 1 atom stereocenters. The third kappa shape index (κ3) is 3.53. The molecule has 0 heterocycles. The van der Waals surface area contributed by atoms with Crippen LogP contribution in [0.5, 0.6) is 0 Å². The maximum Gasteiger partial charge on any atom is 0.310 e. The molecule has 0 aliphatic rings. The lowest BCUT2D eigenvalue weighted by molar-refractivity contribution is -0.149. The fourth-order valence-electron chi connectivity index (χ4n) is 1.22. The topological polar surface area (TPSA) is 63.3 Å². The van der Waals surface area contributed by atoms with Crippen molar-refractivity contribution >= 4 is 18.4 Å². The van der Waals surface area contributed by atoms with Crippen LogP contribution in [0.15, 0.2) is 0 Å². The fraction of sp³-hybridized carbons (Fsp3) is 0.889. The number of hydrogen-bond acceptors (Lipinski definition) is 2. The molecule has 4 heteroatoms. The van der Waals surface area contributed by atoms with E-state index in [0.717, 1.165) is 0 Å². The highest BCUT2D eigenvalue weighted by Gasteiger charge is 2.40. The Balaban J connectivity index is 0. The number of nitrogens with two attached hydrogens (primary N) is 1. The van der Waals surface area contributed by atoms with Crippen molar-refractivity contribution in [2.75, 3.05) is 0 Å². The van der Waals surface area contributed by atoms with E-state index in [4.69, 9.17) is 10.8 Å². The van der Waals surface area contributed by atoms with E-state index < -0.39 is 11.4 Å². The Labute approximate surface area is 86.1 Å². The summed E-state index contributed by atoms with van der Waals surface area (Å²) in [5, 5.41) is 8.90. The van der Waals surface area contributed by atoms with Crippen LogP contribution in [0.2, 0.25) is 0 Å². The Morgan fingerprint density at radius 3 is 1.62 bits per heavy atom. The number of hydrogen-bond donors (Lipinski definition) is 2. The number of rotatable bonds is 2. The number of carbonyl (C=O) groups is 1. The molecule has 0 spiro atoms. The van der Waals surface area contributed by atoms with Gasteiger partial charge >= 0.3 is 5.97 Å². The normalized spacial score (nSPS) is 14.6. The number of carboxylic acid groups (broad SMARTS) is 1. The van der Waals surface area contributed by atoms with Crippen LogP contribution in [0.4, 0.5) is 0 Å². The summed E-state index contributed by atoms with van der Waals surface area (Å²) in [6.07, 6.45) is 0. The summed E-state index contributed by atoms with van der Waals surface area (Å²) < 4.78 is 0. The lowest BCUT2D eigenvalue weighted by Gasteiger charge is -2.37. The van der Waals surface area contributed by atoms with Gasteiger partial charge in [-0.25, -0.2) is 0 Å². The number of aliphatic carboxylic acids is 1. The second kappa shape index (κ2) is 4.29. The van der Waals surface area contributed by atoms with E-state index in [2.05, 4.69) is 0 Å². The van der Waals surface area contributed by atoms with Gasteiger partial charge in [-0.1, -0.05) is 20.8 Å². The van der Waals surface area contributed by atoms with Crippen LogP contribution >= 0.6 is 12.4 Å². The zero-order valence-corrected chi connectivity index (χ0v) is 9.73. The third-order valence-electron chi connectivity index (χ3n) is 2.26. The zero-order valence-electron chi connectivity index (χ0n) is 8.92. The average Bonchev–Trinajstić information content (AvgIpc) is 1.83. The molecule has 0 amide bonds. The van der Waals surface area contributed by atoms with Crippen LogP contribution in [0, 0.1) is 10.8 Å². The zero-order chi connectivity index (χ0) is 10.2. The molecule has 0 bridgehead atoms. The Bertz CT molecular complexity index is 185. The summed E-state index contributed by atoms with van der Waals surface area (Å²) >= 11 is 0. The summed E-state index contributed by atoms with van der Waals surface area (Å²) in [4.78, 5) is 10.8. The van der Waals surface area contributed by atoms with Crippen LogP contribution in [0.3, 0.4) is 0 Å². The first-order valence-electron chi connectivity index (χ1n) is 4.09. The molecule has 0 aliphatic heterocycles. The fourth-order valence-corrected chi connectivity index (χ4v) is 1.22. The van der Waals surface area contributed by atoms with Gasteiger partial charge in [0.1, 0.15) is 0 Å². The summed E-state index contributed by atoms with van der Waals surface area (Å²) in [6, 6.07) is -0.345. The second-order valence-corrected chi connectivity index (χ2v) is 4.87. The SMILES string of the molecule is CC(C)(C)[C@@H](N)C(C)(C)C(=O)O.Cl. The minimum Gasteiger partial charge on any atom is -0.481 e. The van der Waals surface area contributed by atoms with Crippen LogP contribution in [-0.4, -0.2) is 17.1 Å². The van der Waals surface area contributed by atoms with E-state index in [1.165, 1.54) is 0 Å². The van der Waals surface area contributed by atoms with Crippen LogP contribution in [0.25, 0.3) is 0 Å². The number of halogens is 1. The highest BCUT2D eigenvalue weighted by molar-refractivity contribution is 5.85. The smallest absolute Gasteiger partial charge is 0.310 e. The maximum absolute atomic E-state index is 10.8. The molecule has 3 N–H and O–H groups in total. The van der Waals surface area contributed by atoms with Crippen molar-refractivity contribution < 1.29 is 9.90 Å². The summed E-state index contributed by atoms with van der Waals surface area (Å²) in [7, 11) is 0. The summed E-state index contributed by atoms with van der Waals surface area (Å²) in [5.74, 6) is -0.843. The molecule has 0 aromatic rings. The van der Waals surface area contributed by atoms with Crippen molar-refractivity contribution in [2.45, 2.75) is 40.7 Å². The van der Waals surface area contributed by atoms with E-state index in [9.17, 15) is 4.79 Å². The first-order valence-corrected chi connectivity index (χ1v) is 4.09. The van der Waals surface area contributed by atoms with Crippen molar-refractivity contribution in [2.24, 2.45) is 16.6 Å². The Morgan fingerprint density at radius 2 is 1.54 bits per heavy atom. The number of carboxylic acids is 1. The van der Waals surface area contributed by atoms with Gasteiger partial charge in [-0.05, 0) is 19.3 Å². The summed E-state index contributed by atoms with van der Waals surface area (Å²) in [6.45, 7) is 9.16. The average molecular weight is 210 g/mol. The van der Waals surface area contributed by atoms with Gasteiger partial charge in [0.15, 0.2) is 0 Å². The molecule has 0 rings (SSSR count). The van der Waals surface area contributed by atoms with Crippen molar-refractivity contribution in [1.29, 1.82) is 0 Å². The van der Waals surface area contributed by atoms with Gasteiger partial charge < -0.3 is 10.8 Å². The highest BCUT2D eigenvalue weighted by atomic mass is 35.5. The van der Waals surface area contributed by atoms with E-state index >= 15 is 0 Å². The minimum atomic E-state index is -0.863. The standard InChI is InChI=1S/C9H19NO2.ClH/c1-8(2,3)6(10)9(4,5)7(11)12;/h6H,10H2,1-5H3,(H,11,12);1H/t6-;/m1./s1. The molecule has 13 heavy (non-hydrogen) atoms. The second-order valence-electron chi connectivity index (χ2n) is 4.87. The first-order chi connectivity index (χ1) is 5.10. The van der Waals surface area contributed by atoms with E-state index in [1.54, 1.807) is 13.8 Å². The minimum absolute atomic E-state index is 0. The largest absolute Gasteiger partial charge is 0.481 e. The van der Waals surface area contributed by atoms with Gasteiger partial charge in [-0.3, -0.25) is 4.79 Å². The summed E-state index contributed by atoms with van der Waals surface area (Å²) in [5.41, 5.74) is 4.81. The molecule has 0 saturated carbocycles. The van der Waals surface area contributed by atoms with Gasteiger partial charge in [0.2, 0.25) is 0 Å². The molecule has 0 aromatic carbocycles. The predicted octanol–water partition coefficient (Wildman–Crippen LogP) is 1.89. The van der Waals surface area contributed by atoms with Crippen molar-refractivity contribution in [3.8, 4) is 0 Å². The molecule has 0 radical (unpaired) electrons. The molecular weight excluding hydrogens is 190 g/mol. The van der Waals surface area contributed by atoms with Crippen LogP contribution in [-0.2, 0) is 4.79 Å². The lowest BCUT2D eigenvalue weighted by Crippen LogP contribution is -2.50. The molecule has 0 unspecified atom stereocenters. The van der Waals surface area contributed by atoms with E-state index in [0.29, 0.717) is 0 Å². The highest BCUT2D eigenvalue weighted by Crippen LogP contribution is 2.31. The van der Waals surface area contributed by atoms with Crippen LogP contribution < -0.4 is 5.73 Å². The van der Waals surface area contributed by atoms with E-state index in [-0.39, 0.29) is 23.9 Å². The monoisotopic (exact) mass is 209 g/mol. The molecule has 0 fully saturated rings. The molecule has 0 saturated heterocycles. The van der Waals surface area contributed by atoms with Gasteiger partial charge in [0.05, 0.1) is 5.41 Å². The molecular formula is C9H20ClNO2. The van der Waals surface area contributed by atoms with Crippen molar-refractivity contribution in [1.82, 2.24) is 0 Å². The van der Waals surface area contributed by atoms with Gasteiger partial charge in [-0.2, -0.15) is 0 Å². The maximum atomic E-state index is 10.8. The van der Waals surface area contributed by atoms with Gasteiger partial charge in [0, 0.05) is 6.04 Å². The van der Waals surface area contributed by atoms with Crippen LogP contribution in [0.1, 0.15) is 34.6 Å². The van der Waals surface area contributed by atoms with Crippen molar-refractivity contribution in [3.05, 3.63) is 0 Å². The Hall–Kier alpha value is -0.280. The third-order valence-corrected chi connectivity index (χ3v) is 2.26. The molecule has 0 aliphatic carbocycles. The lowest BCUT2D eigenvalue weighted by atomic mass is 9.71. The molecule has 80 valence electrons. The van der Waals surface area contributed by atoms with E-state index in [1.807, 2.05) is 20.8 Å². The van der Waals surface area contributed by atoms with Gasteiger partial charge in [-0.15, -0.1) is 12.4 Å². The molecule has 3 nitrogen and oxygen atoms in total.